The predicted octanol–water partition coefficient (Wildman–Crippen LogP) is 4.71. The molecule has 1 aliphatic rings. The summed E-state index contributed by atoms with van der Waals surface area (Å²) < 4.78 is 22.0. The van der Waals surface area contributed by atoms with Gasteiger partial charge < -0.3 is 23.7 Å². The molecule has 3 aromatic rings. The first-order valence-electron chi connectivity index (χ1n) is 10.9. The van der Waals surface area contributed by atoms with Crippen LogP contribution in [0.4, 0.5) is 5.69 Å². The number of Topliss-reactive ketones (excluding diaryl/α,β-unsaturated/α-hetero) is 1. The van der Waals surface area contributed by atoms with Crippen LogP contribution < -0.4 is 19.1 Å². The monoisotopic (exact) mass is 463 g/mol. The lowest BCUT2D eigenvalue weighted by Gasteiger charge is -2.23. The van der Waals surface area contributed by atoms with Gasteiger partial charge in [0.25, 0.3) is 11.7 Å². The number of ketones is 1. The highest BCUT2D eigenvalue weighted by Gasteiger charge is 2.48. The number of hydrogen-bond donors (Lipinski definition) is 1. The molecule has 1 saturated heterocycles. The molecule has 1 amide bonds. The van der Waals surface area contributed by atoms with Gasteiger partial charge in [-0.3, -0.25) is 14.5 Å². The van der Waals surface area contributed by atoms with Crippen molar-refractivity contribution < 1.29 is 33.3 Å². The summed E-state index contributed by atoms with van der Waals surface area (Å²) in [7, 11) is 1.54. The first-order valence-corrected chi connectivity index (χ1v) is 10.9. The summed E-state index contributed by atoms with van der Waals surface area (Å²) in [5.41, 5.74) is 0.635. The maximum Gasteiger partial charge on any atom is 0.300 e. The highest BCUT2D eigenvalue weighted by Crippen LogP contribution is 2.44. The van der Waals surface area contributed by atoms with Crippen LogP contribution in [0.5, 0.6) is 17.2 Å². The van der Waals surface area contributed by atoms with Crippen LogP contribution in [0.3, 0.4) is 0 Å². The fraction of sp³-hybridized carbons (Fsp3) is 0.231. The van der Waals surface area contributed by atoms with Gasteiger partial charge in [-0.25, -0.2) is 0 Å². The molecule has 8 nitrogen and oxygen atoms in total. The number of aliphatic hydroxyl groups excluding tert-OH is 1. The number of aliphatic hydroxyl groups is 1. The fourth-order valence-corrected chi connectivity index (χ4v) is 3.93. The van der Waals surface area contributed by atoms with Crippen LogP contribution in [0.15, 0.2) is 70.9 Å². The van der Waals surface area contributed by atoms with E-state index in [0.29, 0.717) is 41.9 Å². The van der Waals surface area contributed by atoms with E-state index in [0.717, 1.165) is 0 Å². The third-order valence-electron chi connectivity index (χ3n) is 5.43. The molecule has 2 aromatic carbocycles. The zero-order valence-electron chi connectivity index (χ0n) is 19.1. The number of methoxy groups -OCH3 is 1. The Bertz CT molecular complexity index is 1210. The minimum Gasteiger partial charge on any atom is -0.507 e. The maximum absolute atomic E-state index is 13.2. The van der Waals surface area contributed by atoms with Crippen LogP contribution in [0.25, 0.3) is 5.76 Å². The van der Waals surface area contributed by atoms with Crippen molar-refractivity contribution in [1.82, 2.24) is 0 Å². The molecule has 8 heteroatoms. The summed E-state index contributed by atoms with van der Waals surface area (Å²) in [6.45, 7) is 4.46. The van der Waals surface area contributed by atoms with Gasteiger partial charge in [0, 0.05) is 11.8 Å². The predicted molar refractivity (Wildman–Crippen MR) is 125 cm³/mol. The Morgan fingerprint density at radius 3 is 2.32 bits per heavy atom. The minimum atomic E-state index is -0.968. The lowest BCUT2D eigenvalue weighted by molar-refractivity contribution is -0.132. The number of nitrogens with zero attached hydrogens (tertiary/aromatic N) is 1. The number of benzene rings is 2. The van der Waals surface area contributed by atoms with Crippen LogP contribution in [-0.2, 0) is 9.59 Å². The molecule has 1 N–H and O–H groups in total. The highest BCUT2D eigenvalue weighted by molar-refractivity contribution is 6.51. The summed E-state index contributed by atoms with van der Waals surface area (Å²) >= 11 is 0. The van der Waals surface area contributed by atoms with E-state index in [9.17, 15) is 14.7 Å². The Balaban J connectivity index is 1.88. The zero-order valence-corrected chi connectivity index (χ0v) is 19.1. The van der Waals surface area contributed by atoms with E-state index in [1.165, 1.54) is 18.3 Å². The molecule has 34 heavy (non-hydrogen) atoms. The number of anilines is 1. The van der Waals surface area contributed by atoms with E-state index >= 15 is 0 Å². The van der Waals surface area contributed by atoms with E-state index in [4.69, 9.17) is 18.6 Å². The van der Waals surface area contributed by atoms with E-state index in [2.05, 4.69) is 0 Å². The topological polar surface area (TPSA) is 98.4 Å². The number of furan rings is 1. The van der Waals surface area contributed by atoms with Gasteiger partial charge in [-0.2, -0.15) is 0 Å². The molecule has 0 saturated carbocycles. The number of hydrogen-bond acceptors (Lipinski definition) is 7. The Kier molecular flexibility index (Phi) is 6.58. The summed E-state index contributed by atoms with van der Waals surface area (Å²) in [4.78, 5) is 27.7. The molecule has 1 aromatic heterocycles. The number of amides is 1. The average molecular weight is 463 g/mol. The second-order valence-electron chi connectivity index (χ2n) is 7.41. The second-order valence-corrected chi connectivity index (χ2v) is 7.41. The van der Waals surface area contributed by atoms with Gasteiger partial charge in [-0.1, -0.05) is 0 Å². The van der Waals surface area contributed by atoms with Crippen molar-refractivity contribution in [2.45, 2.75) is 19.9 Å². The first kappa shape index (κ1) is 23.0. The van der Waals surface area contributed by atoms with Crippen molar-refractivity contribution in [3.8, 4) is 17.2 Å². The maximum atomic E-state index is 13.2. The van der Waals surface area contributed by atoms with E-state index in [1.807, 2.05) is 13.8 Å². The summed E-state index contributed by atoms with van der Waals surface area (Å²) in [5.74, 6) is -0.139. The molecule has 1 aliphatic heterocycles. The second kappa shape index (κ2) is 9.74. The van der Waals surface area contributed by atoms with Crippen LogP contribution >= 0.6 is 0 Å². The smallest absolute Gasteiger partial charge is 0.300 e. The Hall–Kier alpha value is -4.20. The van der Waals surface area contributed by atoms with Crippen molar-refractivity contribution in [1.29, 1.82) is 0 Å². The fourth-order valence-electron chi connectivity index (χ4n) is 3.93. The average Bonchev–Trinajstić information content (AvgIpc) is 3.46. The zero-order chi connectivity index (χ0) is 24.2. The molecule has 0 radical (unpaired) electrons. The summed E-state index contributed by atoms with van der Waals surface area (Å²) in [6, 6.07) is 14.0. The van der Waals surface area contributed by atoms with E-state index in [-0.39, 0.29) is 16.9 Å². The van der Waals surface area contributed by atoms with Gasteiger partial charge in [-0.15, -0.1) is 0 Å². The largest absolute Gasteiger partial charge is 0.507 e. The van der Waals surface area contributed by atoms with Gasteiger partial charge in [0.05, 0.1) is 37.7 Å². The van der Waals surface area contributed by atoms with Crippen molar-refractivity contribution in [3.05, 3.63) is 77.8 Å². The molecule has 2 heterocycles. The number of carbonyl (C=O) groups excluding carboxylic acids is 2. The molecule has 0 spiro atoms. The molecular weight excluding hydrogens is 438 g/mol. The van der Waals surface area contributed by atoms with Gasteiger partial charge >= 0.3 is 0 Å². The van der Waals surface area contributed by atoms with E-state index < -0.39 is 17.7 Å². The quantitative estimate of drug-likeness (QED) is 0.293. The minimum absolute atomic E-state index is 0.0964. The van der Waals surface area contributed by atoms with E-state index in [1.54, 1.807) is 54.6 Å². The third kappa shape index (κ3) is 4.10. The number of ether oxygens (including phenoxy) is 3. The van der Waals surface area contributed by atoms with Crippen LogP contribution in [-0.4, -0.2) is 37.1 Å². The summed E-state index contributed by atoms with van der Waals surface area (Å²) in [6.07, 6.45) is 1.45. The SMILES string of the molecule is CCOc1ccc(/C(O)=C2/C(=O)C(=O)N(c3ccc(OC)cc3)C2c2ccco2)c(OCC)c1. The van der Waals surface area contributed by atoms with Gasteiger partial charge in [0.15, 0.2) is 0 Å². The molecule has 0 bridgehead atoms. The first-order chi connectivity index (χ1) is 16.5. The molecule has 1 fully saturated rings. The van der Waals surface area contributed by atoms with Crippen molar-refractivity contribution in [3.63, 3.8) is 0 Å². The van der Waals surface area contributed by atoms with Gasteiger partial charge in [0.2, 0.25) is 0 Å². The number of carbonyl (C=O) groups is 2. The molecule has 0 aliphatic carbocycles. The lowest BCUT2D eigenvalue weighted by Crippen LogP contribution is -2.29. The van der Waals surface area contributed by atoms with Crippen molar-refractivity contribution in [2.24, 2.45) is 0 Å². The normalized spacial score (nSPS) is 17.1. The van der Waals surface area contributed by atoms with Crippen LogP contribution in [0.1, 0.15) is 31.2 Å². The van der Waals surface area contributed by atoms with Gasteiger partial charge in [0.1, 0.15) is 34.8 Å². The standard InChI is InChI=1S/C26H25NO7/c1-4-32-18-12-13-19(21(15-18)33-5-2)24(28)22-23(20-7-6-14-34-20)27(26(30)25(22)29)16-8-10-17(31-3)11-9-16/h6-15,23,28H,4-5H2,1-3H3/b24-22-. The van der Waals surface area contributed by atoms with Crippen LogP contribution in [0, 0.1) is 0 Å². The van der Waals surface area contributed by atoms with Crippen molar-refractivity contribution in [2.75, 3.05) is 25.2 Å². The molecule has 4 rings (SSSR count). The molecule has 1 atom stereocenters. The Morgan fingerprint density at radius 1 is 1.00 bits per heavy atom. The van der Waals surface area contributed by atoms with Crippen molar-refractivity contribution >= 4 is 23.1 Å². The Morgan fingerprint density at radius 2 is 1.71 bits per heavy atom. The summed E-state index contributed by atoms with van der Waals surface area (Å²) in [5, 5.41) is 11.4. The molecule has 1 unspecified atom stereocenters. The molecular formula is C26H25NO7. The highest BCUT2D eigenvalue weighted by atomic mass is 16.5. The third-order valence-corrected chi connectivity index (χ3v) is 5.43. The lowest BCUT2D eigenvalue weighted by atomic mass is 9.98. The molecule has 176 valence electrons. The Labute approximate surface area is 197 Å². The van der Waals surface area contributed by atoms with Crippen LogP contribution in [0.2, 0.25) is 0 Å². The van der Waals surface area contributed by atoms with Gasteiger partial charge in [-0.05, 0) is 62.4 Å². The number of rotatable bonds is 8.